The van der Waals surface area contributed by atoms with Crippen LogP contribution >= 0.6 is 0 Å². The molecule has 212 valence electrons. The van der Waals surface area contributed by atoms with E-state index in [0.717, 1.165) is 0 Å². The average Bonchev–Trinajstić information content (AvgIpc) is 3.68. The van der Waals surface area contributed by atoms with Crippen molar-refractivity contribution in [2.24, 2.45) is 0 Å². The van der Waals surface area contributed by atoms with Gasteiger partial charge in [-0.05, 0) is 36.4 Å². The molecule has 0 N–H and O–H groups in total. The number of benzene rings is 4. The maximum atomic E-state index is 2.38. The van der Waals surface area contributed by atoms with E-state index in [1.807, 2.05) is 0 Å². The molecule has 0 bridgehead atoms. The fraction of sp³-hybridized carbons (Fsp3) is 0.100. The summed E-state index contributed by atoms with van der Waals surface area (Å²) in [7, 11) is 0. The monoisotopic (exact) mass is 594 g/mol. The predicted octanol–water partition coefficient (Wildman–Crippen LogP) is 11.1. The first-order valence-corrected chi connectivity index (χ1v) is 14.0. The third-order valence-corrected chi connectivity index (χ3v) is 8.47. The SMILES string of the molecule is Cc1[cH-]c2c3ccccc3n(-c3ccccc3)c2c1C.Cc1[cH-]c2c3ccccc3n(-c3ccccc3)c2c1C.[CH3-].[CH3-].[Ti+4]. The maximum absolute atomic E-state index is 2.38. The van der Waals surface area contributed by atoms with Gasteiger partial charge in [-0.1, -0.05) is 122 Å². The molecule has 3 heteroatoms. The predicted molar refractivity (Wildman–Crippen MR) is 185 cm³/mol. The second kappa shape index (κ2) is 12.6. The molecule has 43 heavy (non-hydrogen) atoms. The number of rotatable bonds is 2. The smallest absolute Gasteiger partial charge is 0.367 e. The van der Waals surface area contributed by atoms with Gasteiger partial charge in [0.1, 0.15) is 0 Å². The third-order valence-electron chi connectivity index (χ3n) is 8.47. The first-order valence-electron chi connectivity index (χ1n) is 14.0. The van der Waals surface area contributed by atoms with Crippen molar-refractivity contribution in [2.45, 2.75) is 27.7 Å². The van der Waals surface area contributed by atoms with Gasteiger partial charge < -0.3 is 24.0 Å². The van der Waals surface area contributed by atoms with Gasteiger partial charge in [-0.2, -0.15) is 0 Å². The minimum atomic E-state index is 0. The fourth-order valence-corrected chi connectivity index (χ4v) is 6.27. The molecule has 6 aromatic carbocycles. The Morgan fingerprint density at radius 1 is 0.442 bits per heavy atom. The summed E-state index contributed by atoms with van der Waals surface area (Å²) in [6.45, 7) is 8.82. The Morgan fingerprint density at radius 3 is 1.14 bits per heavy atom. The molecule has 0 amide bonds. The zero-order valence-corrected chi connectivity index (χ0v) is 27.5. The Morgan fingerprint density at radius 2 is 0.767 bits per heavy atom. The van der Waals surface area contributed by atoms with E-state index >= 15 is 0 Å². The molecule has 0 aliphatic heterocycles. The number of fused-ring (bicyclic) bond motifs is 6. The van der Waals surface area contributed by atoms with E-state index < -0.39 is 0 Å². The summed E-state index contributed by atoms with van der Waals surface area (Å²) in [6.07, 6.45) is 0. The van der Waals surface area contributed by atoms with E-state index in [1.165, 1.54) is 77.2 Å². The summed E-state index contributed by atoms with van der Waals surface area (Å²) < 4.78 is 4.76. The van der Waals surface area contributed by atoms with E-state index in [1.54, 1.807) is 0 Å². The number of nitrogens with zero attached hydrogens (tertiary/aromatic N) is 2. The van der Waals surface area contributed by atoms with Gasteiger partial charge in [-0.15, -0.1) is 45.2 Å². The molecule has 8 rings (SSSR count). The Balaban J connectivity index is 0.000000184. The molecule has 0 aliphatic carbocycles. The topological polar surface area (TPSA) is 9.86 Å². The van der Waals surface area contributed by atoms with Crippen molar-refractivity contribution in [3.63, 3.8) is 0 Å². The summed E-state index contributed by atoms with van der Waals surface area (Å²) in [6, 6.07) is 43.2. The Bertz CT molecular complexity index is 1980. The van der Waals surface area contributed by atoms with Crippen LogP contribution in [0.2, 0.25) is 0 Å². The fourth-order valence-electron chi connectivity index (χ4n) is 6.27. The first kappa shape index (κ1) is 31.8. The van der Waals surface area contributed by atoms with Crippen LogP contribution in [0.25, 0.3) is 55.0 Å². The van der Waals surface area contributed by atoms with Crippen LogP contribution in [0.5, 0.6) is 0 Å². The number of aromatic nitrogens is 2. The Hall–Kier alpha value is -4.11. The van der Waals surface area contributed by atoms with E-state index in [4.69, 9.17) is 0 Å². The van der Waals surface area contributed by atoms with E-state index in [9.17, 15) is 0 Å². The molecule has 2 nitrogen and oxygen atoms in total. The molecule has 2 heterocycles. The maximum Gasteiger partial charge on any atom is 4.00 e. The number of hydrogen-bond donors (Lipinski definition) is 0. The van der Waals surface area contributed by atoms with Crippen molar-refractivity contribution < 1.29 is 21.7 Å². The van der Waals surface area contributed by atoms with Crippen LogP contribution in [0.4, 0.5) is 0 Å². The van der Waals surface area contributed by atoms with E-state index in [0.29, 0.717) is 0 Å². The molecule has 8 aromatic rings. The molecular weight excluding hydrogens is 556 g/mol. The second-order valence-corrected chi connectivity index (χ2v) is 10.8. The number of para-hydroxylation sites is 4. The molecular formula is C40H38N2Ti. The van der Waals surface area contributed by atoms with Crippen molar-refractivity contribution in [2.75, 3.05) is 0 Å². The minimum absolute atomic E-state index is 0. The molecule has 0 radical (unpaired) electrons. The zero-order chi connectivity index (χ0) is 27.4. The molecule has 0 saturated heterocycles. The van der Waals surface area contributed by atoms with Crippen molar-refractivity contribution in [3.8, 4) is 11.4 Å². The third kappa shape index (κ3) is 5.09. The van der Waals surface area contributed by atoms with Crippen LogP contribution in [-0.4, -0.2) is 9.13 Å². The number of hydrogen-bond acceptors (Lipinski definition) is 0. The van der Waals surface area contributed by atoms with Crippen LogP contribution in [0, 0.1) is 42.5 Å². The average molecular weight is 595 g/mol. The standard InChI is InChI=1S/2C19H16N.2CH3.Ti/c2*1-13-12-17-16-10-6-7-11-18(16)20(19(17)14(13)2)15-8-4-3-5-9-15;;;/h2*3-12H,1-2H3;2*1H3;/q4*-1;+4. The molecule has 0 fully saturated rings. The van der Waals surface area contributed by atoms with E-state index in [-0.39, 0.29) is 36.6 Å². The summed E-state index contributed by atoms with van der Waals surface area (Å²) in [4.78, 5) is 0. The summed E-state index contributed by atoms with van der Waals surface area (Å²) >= 11 is 0. The first-order chi connectivity index (χ1) is 19.5. The number of aryl methyl sites for hydroxylation is 4. The largest absolute Gasteiger partial charge is 4.00 e. The summed E-state index contributed by atoms with van der Waals surface area (Å²) in [5.74, 6) is 0. The molecule has 0 spiro atoms. The van der Waals surface area contributed by atoms with Gasteiger partial charge >= 0.3 is 21.7 Å². The van der Waals surface area contributed by atoms with E-state index in [2.05, 4.69) is 158 Å². The molecule has 0 aliphatic rings. The quantitative estimate of drug-likeness (QED) is 0.139. The van der Waals surface area contributed by atoms with Crippen molar-refractivity contribution >= 4 is 43.6 Å². The van der Waals surface area contributed by atoms with Crippen LogP contribution in [0.15, 0.2) is 121 Å². The molecule has 0 unspecified atom stereocenters. The van der Waals surface area contributed by atoms with Gasteiger partial charge in [0.25, 0.3) is 0 Å². The minimum Gasteiger partial charge on any atom is -0.367 e. The Kier molecular flexibility index (Phi) is 9.35. The zero-order valence-electron chi connectivity index (χ0n) is 25.9. The molecule has 0 saturated carbocycles. The Labute approximate surface area is 270 Å². The molecule has 0 atom stereocenters. The van der Waals surface area contributed by atoms with Crippen LogP contribution < -0.4 is 0 Å². The van der Waals surface area contributed by atoms with Gasteiger partial charge in [-0.3, -0.25) is 0 Å². The normalized spacial score (nSPS) is 10.7. The van der Waals surface area contributed by atoms with Gasteiger partial charge in [0.05, 0.1) is 0 Å². The van der Waals surface area contributed by atoms with Crippen LogP contribution in [-0.2, 0) is 21.7 Å². The van der Waals surface area contributed by atoms with Gasteiger partial charge in [0.2, 0.25) is 0 Å². The van der Waals surface area contributed by atoms with Gasteiger partial charge in [0.15, 0.2) is 0 Å². The second-order valence-electron chi connectivity index (χ2n) is 10.8. The summed E-state index contributed by atoms with van der Waals surface area (Å²) in [5, 5.41) is 5.39. The van der Waals surface area contributed by atoms with Crippen molar-refractivity contribution in [3.05, 3.63) is 158 Å². The summed E-state index contributed by atoms with van der Waals surface area (Å²) in [5.41, 5.74) is 13.2. The van der Waals surface area contributed by atoms with Gasteiger partial charge in [0, 0.05) is 22.4 Å². The van der Waals surface area contributed by atoms with Crippen LogP contribution in [0.1, 0.15) is 22.3 Å². The molecule has 2 aromatic heterocycles. The van der Waals surface area contributed by atoms with Gasteiger partial charge in [-0.25, -0.2) is 0 Å². The van der Waals surface area contributed by atoms with Crippen molar-refractivity contribution in [1.29, 1.82) is 0 Å². The van der Waals surface area contributed by atoms with Crippen molar-refractivity contribution in [1.82, 2.24) is 9.13 Å². The van der Waals surface area contributed by atoms with Crippen LogP contribution in [0.3, 0.4) is 0 Å².